The van der Waals surface area contributed by atoms with Gasteiger partial charge < -0.3 is 9.84 Å². The number of aliphatic imine (C=N–C) groups is 1. The van der Waals surface area contributed by atoms with E-state index in [4.69, 9.17) is 9.84 Å². The van der Waals surface area contributed by atoms with Crippen molar-refractivity contribution in [3.05, 3.63) is 41.5 Å². The van der Waals surface area contributed by atoms with Gasteiger partial charge in [-0.25, -0.2) is 4.99 Å². The van der Waals surface area contributed by atoms with Crippen molar-refractivity contribution in [2.45, 2.75) is 32.2 Å². The van der Waals surface area contributed by atoms with Gasteiger partial charge in [0.1, 0.15) is 6.61 Å². The van der Waals surface area contributed by atoms with Crippen LogP contribution in [0.5, 0.6) is 0 Å². The number of nitrogens with zero attached hydrogens (tertiary/aromatic N) is 1. The maximum Gasteiger partial charge on any atom is 0.188 e. The first-order valence-corrected chi connectivity index (χ1v) is 6.67. The van der Waals surface area contributed by atoms with E-state index in [2.05, 4.69) is 43.1 Å². The van der Waals surface area contributed by atoms with Gasteiger partial charge in [-0.2, -0.15) is 0 Å². The van der Waals surface area contributed by atoms with Gasteiger partial charge in [0, 0.05) is 13.0 Å². The molecule has 1 aliphatic rings. The van der Waals surface area contributed by atoms with Gasteiger partial charge in [-0.1, -0.05) is 36.4 Å². The summed E-state index contributed by atoms with van der Waals surface area (Å²) >= 11 is 0. The van der Waals surface area contributed by atoms with E-state index < -0.39 is 0 Å². The Morgan fingerprint density at radius 3 is 2.63 bits per heavy atom. The van der Waals surface area contributed by atoms with Crippen LogP contribution in [-0.2, 0) is 11.2 Å². The maximum atomic E-state index is 8.71. The van der Waals surface area contributed by atoms with Gasteiger partial charge >= 0.3 is 0 Å². The summed E-state index contributed by atoms with van der Waals surface area (Å²) in [5.74, 6) is 0.827. The minimum atomic E-state index is -0.0810. The lowest BCUT2D eigenvalue weighted by Crippen LogP contribution is -2.17. The van der Waals surface area contributed by atoms with Gasteiger partial charge in [0.2, 0.25) is 0 Å². The molecule has 2 rings (SSSR count). The minimum Gasteiger partial charge on any atom is -0.478 e. The summed E-state index contributed by atoms with van der Waals surface area (Å²) in [6.45, 7) is 5.02. The molecule has 1 heterocycles. The van der Waals surface area contributed by atoms with Crippen molar-refractivity contribution < 1.29 is 9.84 Å². The Morgan fingerprint density at radius 1 is 1.32 bits per heavy atom. The molecule has 0 atom stereocenters. The Bertz CT molecular complexity index is 472. The van der Waals surface area contributed by atoms with Crippen LogP contribution in [0.1, 0.15) is 31.4 Å². The van der Waals surface area contributed by atoms with Crippen molar-refractivity contribution in [2.24, 2.45) is 4.99 Å². The lowest BCUT2D eigenvalue weighted by atomic mass is 10.1. The van der Waals surface area contributed by atoms with Crippen LogP contribution in [0.2, 0.25) is 0 Å². The molecule has 0 spiro atoms. The van der Waals surface area contributed by atoms with Crippen molar-refractivity contribution >= 4 is 12.0 Å². The summed E-state index contributed by atoms with van der Waals surface area (Å²) in [4.78, 5) is 4.55. The number of ether oxygens (including phenoxy) is 1. The van der Waals surface area contributed by atoms with Crippen LogP contribution in [0, 0.1) is 0 Å². The average molecular weight is 259 g/mol. The number of hydrogen-bond donors (Lipinski definition) is 1. The second-order valence-electron chi connectivity index (χ2n) is 5.44. The minimum absolute atomic E-state index is 0.0810. The zero-order valence-corrected chi connectivity index (χ0v) is 11.6. The van der Waals surface area contributed by atoms with Crippen LogP contribution < -0.4 is 0 Å². The summed E-state index contributed by atoms with van der Waals surface area (Å²) < 4.78 is 5.59. The average Bonchev–Trinajstić information content (AvgIpc) is 2.71. The van der Waals surface area contributed by atoms with Crippen molar-refractivity contribution in [1.82, 2.24) is 0 Å². The van der Waals surface area contributed by atoms with Crippen molar-refractivity contribution in [3.63, 3.8) is 0 Å². The highest BCUT2D eigenvalue weighted by atomic mass is 16.5. The molecule has 0 bridgehead atoms. The predicted molar refractivity (Wildman–Crippen MR) is 78.3 cm³/mol. The van der Waals surface area contributed by atoms with Gasteiger partial charge in [-0.15, -0.1) is 0 Å². The molecular formula is C16H21NO2. The standard InChI is InChI=1S/C16H21NO2/c1-16(2)12-19-15(17-16)11-14-8-6-13(7-9-14)5-3-4-10-18/h3,5-9,18H,4,10-12H2,1-2H3. The molecule has 19 heavy (non-hydrogen) atoms. The molecule has 0 aliphatic carbocycles. The van der Waals surface area contributed by atoms with E-state index >= 15 is 0 Å². The van der Waals surface area contributed by atoms with Gasteiger partial charge in [-0.05, 0) is 31.4 Å². The zero-order valence-electron chi connectivity index (χ0n) is 11.6. The quantitative estimate of drug-likeness (QED) is 0.883. The first-order valence-electron chi connectivity index (χ1n) is 6.67. The fourth-order valence-electron chi connectivity index (χ4n) is 1.97. The number of benzene rings is 1. The third-order valence-electron chi connectivity index (χ3n) is 2.96. The summed E-state index contributed by atoms with van der Waals surface area (Å²) in [5, 5.41) is 8.71. The second kappa shape index (κ2) is 6.02. The maximum absolute atomic E-state index is 8.71. The van der Waals surface area contributed by atoms with Crippen molar-refractivity contribution in [2.75, 3.05) is 13.2 Å². The SMILES string of the molecule is CC1(C)COC(Cc2ccc(C=CCCO)cc2)=N1. The fourth-order valence-corrected chi connectivity index (χ4v) is 1.97. The molecule has 1 aromatic rings. The molecule has 0 unspecified atom stereocenters. The monoisotopic (exact) mass is 259 g/mol. The number of hydrogen-bond acceptors (Lipinski definition) is 3. The van der Waals surface area contributed by atoms with Gasteiger partial charge in [0.25, 0.3) is 0 Å². The summed E-state index contributed by atoms with van der Waals surface area (Å²) in [5.41, 5.74) is 2.27. The van der Waals surface area contributed by atoms with E-state index in [9.17, 15) is 0 Å². The van der Waals surface area contributed by atoms with E-state index in [0.717, 1.165) is 17.9 Å². The van der Waals surface area contributed by atoms with E-state index in [1.807, 2.05) is 12.2 Å². The summed E-state index contributed by atoms with van der Waals surface area (Å²) in [6, 6.07) is 8.33. The molecule has 1 aromatic carbocycles. The largest absolute Gasteiger partial charge is 0.478 e. The molecule has 0 aromatic heterocycles. The molecule has 102 valence electrons. The molecule has 0 fully saturated rings. The van der Waals surface area contributed by atoms with E-state index in [-0.39, 0.29) is 12.1 Å². The lowest BCUT2D eigenvalue weighted by Gasteiger charge is -2.07. The van der Waals surface area contributed by atoms with E-state index in [1.165, 1.54) is 5.56 Å². The Labute approximate surface area is 114 Å². The molecule has 3 heteroatoms. The fraction of sp³-hybridized carbons (Fsp3) is 0.438. The molecule has 0 amide bonds. The Kier molecular flexibility index (Phi) is 4.38. The Hall–Kier alpha value is -1.61. The van der Waals surface area contributed by atoms with E-state index in [0.29, 0.717) is 13.0 Å². The molecule has 0 saturated carbocycles. The Balaban J connectivity index is 1.96. The Morgan fingerprint density at radius 2 is 2.05 bits per heavy atom. The molecule has 0 saturated heterocycles. The number of aliphatic hydroxyl groups is 1. The molecule has 1 aliphatic heterocycles. The van der Waals surface area contributed by atoms with Crippen LogP contribution in [0.4, 0.5) is 0 Å². The third kappa shape index (κ3) is 4.21. The molecule has 3 nitrogen and oxygen atoms in total. The van der Waals surface area contributed by atoms with Crippen LogP contribution in [0.25, 0.3) is 6.08 Å². The van der Waals surface area contributed by atoms with Crippen LogP contribution >= 0.6 is 0 Å². The highest BCUT2D eigenvalue weighted by molar-refractivity contribution is 5.80. The molecule has 1 N–H and O–H groups in total. The smallest absolute Gasteiger partial charge is 0.188 e. The highest BCUT2D eigenvalue weighted by Crippen LogP contribution is 2.19. The summed E-state index contributed by atoms with van der Waals surface area (Å²) in [6.07, 6.45) is 5.44. The molecule has 0 radical (unpaired) electrons. The lowest BCUT2D eigenvalue weighted by molar-refractivity contribution is 0.275. The second-order valence-corrected chi connectivity index (χ2v) is 5.44. The van der Waals surface area contributed by atoms with Crippen LogP contribution in [-0.4, -0.2) is 29.8 Å². The summed E-state index contributed by atoms with van der Waals surface area (Å²) in [7, 11) is 0. The van der Waals surface area contributed by atoms with Crippen LogP contribution in [0.3, 0.4) is 0 Å². The highest BCUT2D eigenvalue weighted by Gasteiger charge is 2.25. The first kappa shape index (κ1) is 13.8. The van der Waals surface area contributed by atoms with Crippen molar-refractivity contribution in [3.8, 4) is 0 Å². The zero-order chi connectivity index (χ0) is 13.7. The third-order valence-corrected chi connectivity index (χ3v) is 2.96. The van der Waals surface area contributed by atoms with Gasteiger partial charge in [0.05, 0.1) is 5.54 Å². The van der Waals surface area contributed by atoms with Gasteiger partial charge in [-0.3, -0.25) is 0 Å². The topological polar surface area (TPSA) is 41.8 Å². The number of rotatable bonds is 5. The predicted octanol–water partition coefficient (Wildman–Crippen LogP) is 2.83. The van der Waals surface area contributed by atoms with Crippen LogP contribution in [0.15, 0.2) is 35.3 Å². The van der Waals surface area contributed by atoms with Crippen molar-refractivity contribution in [1.29, 1.82) is 0 Å². The first-order chi connectivity index (χ1) is 9.09. The number of aliphatic hydroxyl groups excluding tert-OH is 1. The normalized spacial score (nSPS) is 17.5. The van der Waals surface area contributed by atoms with E-state index in [1.54, 1.807) is 0 Å². The van der Waals surface area contributed by atoms with Gasteiger partial charge in [0.15, 0.2) is 5.90 Å². The molecular weight excluding hydrogens is 238 g/mol.